The molecule has 1 unspecified atom stereocenters. The number of rotatable bonds is 9. The third-order valence-electron chi connectivity index (χ3n) is 4.73. The molecule has 152 valence electrons. The molecule has 1 amide bonds. The van der Waals surface area contributed by atoms with Gasteiger partial charge in [0, 0.05) is 25.1 Å². The van der Waals surface area contributed by atoms with Crippen molar-refractivity contribution in [3.05, 3.63) is 53.3 Å². The molecule has 0 aliphatic rings. The van der Waals surface area contributed by atoms with Gasteiger partial charge in [-0.25, -0.2) is 4.39 Å². The smallest absolute Gasteiger partial charge is 0.253 e. The number of carbonyl (C=O) groups excluding carboxylic acids is 1. The average molecular weight is 389 g/mol. The molecular formula is C22H28FNO4. The number of nitrogens with zero attached hydrogens (tertiary/aromatic N) is 1. The number of hydrogen-bond acceptors (Lipinski definition) is 4. The largest absolute Gasteiger partial charge is 0.493 e. The number of methoxy groups -OCH3 is 3. The highest BCUT2D eigenvalue weighted by molar-refractivity contribution is 5.95. The lowest BCUT2D eigenvalue weighted by molar-refractivity contribution is 0.0783. The SMILES string of the molecule is CCCC(CN(C)C(=O)c1cc(OC)c(OC)c(OC)c1)c1ccc(F)cc1. The van der Waals surface area contributed by atoms with Crippen molar-refractivity contribution in [2.45, 2.75) is 25.7 Å². The van der Waals surface area contributed by atoms with Gasteiger partial charge in [0.05, 0.1) is 21.3 Å². The number of carbonyl (C=O) groups is 1. The molecule has 2 aromatic carbocycles. The monoisotopic (exact) mass is 389 g/mol. The standard InChI is InChI=1S/C22H28FNO4/c1-6-7-16(15-8-10-18(23)11-9-15)14-24(2)22(25)17-12-19(26-3)21(28-5)20(13-17)27-4/h8-13,16H,6-7,14H2,1-5H3. The highest BCUT2D eigenvalue weighted by Gasteiger charge is 2.22. The van der Waals surface area contributed by atoms with Crippen LogP contribution in [0.2, 0.25) is 0 Å². The van der Waals surface area contributed by atoms with Crippen LogP contribution < -0.4 is 14.2 Å². The molecule has 0 fully saturated rings. The molecule has 28 heavy (non-hydrogen) atoms. The minimum atomic E-state index is -0.263. The first-order valence-corrected chi connectivity index (χ1v) is 9.26. The topological polar surface area (TPSA) is 48.0 Å². The highest BCUT2D eigenvalue weighted by Crippen LogP contribution is 2.38. The third kappa shape index (κ3) is 4.94. The normalized spacial score (nSPS) is 11.6. The van der Waals surface area contributed by atoms with Gasteiger partial charge in [-0.15, -0.1) is 0 Å². The van der Waals surface area contributed by atoms with E-state index in [1.54, 1.807) is 36.2 Å². The molecule has 0 bridgehead atoms. The molecule has 2 aromatic rings. The molecule has 0 saturated carbocycles. The second-order valence-corrected chi connectivity index (χ2v) is 6.64. The Balaban J connectivity index is 2.26. The summed E-state index contributed by atoms with van der Waals surface area (Å²) in [7, 11) is 6.31. The fraction of sp³-hybridized carbons (Fsp3) is 0.409. The maximum atomic E-state index is 13.3. The van der Waals surface area contributed by atoms with E-state index in [-0.39, 0.29) is 17.6 Å². The van der Waals surface area contributed by atoms with E-state index >= 15 is 0 Å². The summed E-state index contributed by atoms with van der Waals surface area (Å²) < 4.78 is 29.2. The molecule has 0 aliphatic carbocycles. The van der Waals surface area contributed by atoms with E-state index < -0.39 is 0 Å². The minimum absolute atomic E-state index is 0.126. The zero-order valence-electron chi connectivity index (χ0n) is 17.1. The molecule has 0 heterocycles. The minimum Gasteiger partial charge on any atom is -0.493 e. The lowest BCUT2D eigenvalue weighted by Gasteiger charge is -2.25. The third-order valence-corrected chi connectivity index (χ3v) is 4.73. The van der Waals surface area contributed by atoms with Gasteiger partial charge in [-0.3, -0.25) is 4.79 Å². The predicted molar refractivity (Wildman–Crippen MR) is 107 cm³/mol. The van der Waals surface area contributed by atoms with Crippen molar-refractivity contribution in [3.63, 3.8) is 0 Å². The van der Waals surface area contributed by atoms with E-state index in [9.17, 15) is 9.18 Å². The van der Waals surface area contributed by atoms with Crippen molar-refractivity contribution in [1.82, 2.24) is 4.90 Å². The number of ether oxygens (including phenoxy) is 3. The maximum absolute atomic E-state index is 13.3. The molecule has 0 saturated heterocycles. The second-order valence-electron chi connectivity index (χ2n) is 6.64. The van der Waals surface area contributed by atoms with Gasteiger partial charge in [0.1, 0.15) is 5.82 Å². The van der Waals surface area contributed by atoms with Crippen LogP contribution in [0.3, 0.4) is 0 Å². The van der Waals surface area contributed by atoms with Gasteiger partial charge in [0.15, 0.2) is 11.5 Å². The Kier molecular flexibility index (Phi) is 7.67. The van der Waals surface area contributed by atoms with Crippen LogP contribution in [0.15, 0.2) is 36.4 Å². The van der Waals surface area contributed by atoms with Crippen LogP contribution in [-0.4, -0.2) is 45.7 Å². The van der Waals surface area contributed by atoms with E-state index in [0.717, 1.165) is 18.4 Å². The number of likely N-dealkylation sites (N-methyl/N-ethyl adjacent to an activating group) is 1. The molecule has 0 aromatic heterocycles. The molecule has 2 rings (SSSR count). The summed E-state index contributed by atoms with van der Waals surface area (Å²) in [6, 6.07) is 9.78. The number of halogens is 1. The first kappa shape index (κ1) is 21.5. The fourth-order valence-electron chi connectivity index (χ4n) is 3.29. The zero-order valence-corrected chi connectivity index (χ0v) is 17.1. The van der Waals surface area contributed by atoms with Crippen LogP contribution in [0.4, 0.5) is 4.39 Å². The van der Waals surface area contributed by atoms with Gasteiger partial charge in [-0.1, -0.05) is 25.5 Å². The van der Waals surface area contributed by atoms with E-state index in [1.165, 1.54) is 33.5 Å². The summed E-state index contributed by atoms with van der Waals surface area (Å²) >= 11 is 0. The summed E-state index contributed by atoms with van der Waals surface area (Å²) in [5.74, 6) is 1.02. The van der Waals surface area contributed by atoms with Crippen LogP contribution >= 0.6 is 0 Å². The predicted octanol–water partition coefficient (Wildman–Crippen LogP) is 4.51. The molecule has 0 radical (unpaired) electrons. The number of benzene rings is 2. The quantitative estimate of drug-likeness (QED) is 0.633. The maximum Gasteiger partial charge on any atom is 0.253 e. The van der Waals surface area contributed by atoms with Gasteiger partial charge in [-0.2, -0.15) is 0 Å². The van der Waals surface area contributed by atoms with Crippen molar-refractivity contribution >= 4 is 5.91 Å². The van der Waals surface area contributed by atoms with Crippen molar-refractivity contribution < 1.29 is 23.4 Å². The Hall–Kier alpha value is -2.76. The Morgan fingerprint density at radius 2 is 1.61 bits per heavy atom. The number of amides is 1. The summed E-state index contributed by atoms with van der Waals surface area (Å²) in [5.41, 5.74) is 1.47. The molecule has 1 atom stereocenters. The molecule has 6 heteroatoms. The van der Waals surface area contributed by atoms with Gasteiger partial charge < -0.3 is 19.1 Å². The summed E-state index contributed by atoms with van der Waals surface area (Å²) in [6.45, 7) is 2.62. The summed E-state index contributed by atoms with van der Waals surface area (Å²) in [5, 5.41) is 0. The Bertz CT molecular complexity index is 767. The van der Waals surface area contributed by atoms with Crippen LogP contribution in [0.25, 0.3) is 0 Å². The Morgan fingerprint density at radius 1 is 1.04 bits per heavy atom. The van der Waals surface area contributed by atoms with Crippen LogP contribution in [-0.2, 0) is 0 Å². The van der Waals surface area contributed by atoms with Crippen molar-refractivity contribution in [2.75, 3.05) is 34.9 Å². The summed E-state index contributed by atoms with van der Waals surface area (Å²) in [6.07, 6.45) is 1.87. The molecule has 5 nitrogen and oxygen atoms in total. The lowest BCUT2D eigenvalue weighted by atomic mass is 9.93. The van der Waals surface area contributed by atoms with Gasteiger partial charge in [-0.05, 0) is 36.2 Å². The fourth-order valence-corrected chi connectivity index (χ4v) is 3.29. The highest BCUT2D eigenvalue weighted by atomic mass is 19.1. The average Bonchev–Trinajstić information content (AvgIpc) is 2.72. The van der Waals surface area contributed by atoms with E-state index in [1.807, 2.05) is 0 Å². The first-order valence-electron chi connectivity index (χ1n) is 9.26. The van der Waals surface area contributed by atoms with Gasteiger partial charge in [0.2, 0.25) is 5.75 Å². The van der Waals surface area contributed by atoms with Gasteiger partial charge >= 0.3 is 0 Å². The first-order chi connectivity index (χ1) is 13.4. The number of hydrogen-bond donors (Lipinski definition) is 0. The Morgan fingerprint density at radius 3 is 2.07 bits per heavy atom. The van der Waals surface area contributed by atoms with E-state index in [0.29, 0.717) is 29.4 Å². The van der Waals surface area contributed by atoms with Crippen LogP contribution in [0, 0.1) is 5.82 Å². The lowest BCUT2D eigenvalue weighted by Crippen LogP contribution is -2.31. The van der Waals surface area contributed by atoms with E-state index in [4.69, 9.17) is 14.2 Å². The van der Waals surface area contributed by atoms with E-state index in [2.05, 4.69) is 6.92 Å². The van der Waals surface area contributed by atoms with Crippen molar-refractivity contribution in [3.8, 4) is 17.2 Å². The Labute approximate surface area is 166 Å². The molecule has 0 N–H and O–H groups in total. The molecular weight excluding hydrogens is 361 g/mol. The second kappa shape index (κ2) is 9.97. The van der Waals surface area contributed by atoms with Crippen molar-refractivity contribution in [2.24, 2.45) is 0 Å². The zero-order chi connectivity index (χ0) is 20.7. The van der Waals surface area contributed by atoms with Gasteiger partial charge in [0.25, 0.3) is 5.91 Å². The van der Waals surface area contributed by atoms with Crippen LogP contribution in [0.5, 0.6) is 17.2 Å². The molecule has 0 aliphatic heterocycles. The molecule has 0 spiro atoms. The van der Waals surface area contributed by atoms with Crippen LogP contribution in [0.1, 0.15) is 41.6 Å². The van der Waals surface area contributed by atoms with Crippen molar-refractivity contribution in [1.29, 1.82) is 0 Å². The summed E-state index contributed by atoms with van der Waals surface area (Å²) in [4.78, 5) is 14.7.